The van der Waals surface area contributed by atoms with Crippen molar-refractivity contribution in [3.05, 3.63) is 60.2 Å². The summed E-state index contributed by atoms with van der Waals surface area (Å²) >= 11 is 0. The van der Waals surface area contributed by atoms with E-state index in [1.54, 1.807) is 0 Å². The summed E-state index contributed by atoms with van der Waals surface area (Å²) in [6, 6.07) is 18.3. The van der Waals surface area contributed by atoms with Crippen LogP contribution < -0.4 is 4.90 Å². The standard InChI is InChI=1S/C19H18N2O2/c22-16-10-11-21(15(13-16)12-14-6-2-1-3-7-14)19-17-8-4-5-9-18(17)23-20-19/h1-9,15H,10-13H2. The van der Waals surface area contributed by atoms with Gasteiger partial charge in [-0.05, 0) is 24.1 Å². The molecular weight excluding hydrogens is 288 g/mol. The average molecular weight is 306 g/mol. The SMILES string of the molecule is O=C1CCN(c2noc3ccccc23)C(Cc2ccccc2)C1. The first kappa shape index (κ1) is 14.0. The molecule has 1 atom stereocenters. The average Bonchev–Trinajstić information content (AvgIpc) is 3.00. The molecule has 0 saturated carbocycles. The number of anilines is 1. The van der Waals surface area contributed by atoms with Crippen LogP contribution in [0.4, 0.5) is 5.82 Å². The van der Waals surface area contributed by atoms with E-state index in [-0.39, 0.29) is 6.04 Å². The first-order valence-corrected chi connectivity index (χ1v) is 7.98. The first-order chi connectivity index (χ1) is 11.3. The van der Waals surface area contributed by atoms with E-state index in [1.807, 2.05) is 42.5 Å². The Balaban J connectivity index is 1.68. The minimum absolute atomic E-state index is 0.132. The Morgan fingerprint density at radius 2 is 1.87 bits per heavy atom. The summed E-state index contributed by atoms with van der Waals surface area (Å²) in [6.45, 7) is 0.701. The monoisotopic (exact) mass is 306 g/mol. The summed E-state index contributed by atoms with van der Waals surface area (Å²) < 4.78 is 5.45. The van der Waals surface area contributed by atoms with Gasteiger partial charge in [-0.1, -0.05) is 47.6 Å². The summed E-state index contributed by atoms with van der Waals surface area (Å²) in [5.41, 5.74) is 2.03. The second-order valence-electron chi connectivity index (χ2n) is 6.03. The third-order valence-corrected chi connectivity index (χ3v) is 4.48. The highest BCUT2D eigenvalue weighted by molar-refractivity contribution is 5.90. The predicted molar refractivity (Wildman–Crippen MR) is 89.5 cm³/mol. The zero-order chi connectivity index (χ0) is 15.6. The summed E-state index contributed by atoms with van der Waals surface area (Å²) in [6.07, 6.45) is 1.98. The van der Waals surface area contributed by atoms with Crippen molar-refractivity contribution >= 4 is 22.6 Å². The van der Waals surface area contributed by atoms with Crippen LogP contribution in [0.2, 0.25) is 0 Å². The van der Waals surface area contributed by atoms with Gasteiger partial charge in [0.05, 0.1) is 5.39 Å². The Morgan fingerprint density at radius 1 is 1.09 bits per heavy atom. The molecule has 4 heteroatoms. The maximum absolute atomic E-state index is 12.0. The normalized spacial score (nSPS) is 18.5. The van der Waals surface area contributed by atoms with Crippen LogP contribution in [0.3, 0.4) is 0 Å². The molecule has 1 fully saturated rings. The molecule has 4 nitrogen and oxygen atoms in total. The lowest BCUT2D eigenvalue weighted by Crippen LogP contribution is -2.44. The molecule has 1 aliphatic heterocycles. The molecule has 0 radical (unpaired) electrons. The van der Waals surface area contributed by atoms with Crippen molar-refractivity contribution in [3.8, 4) is 0 Å². The van der Waals surface area contributed by atoms with Crippen LogP contribution >= 0.6 is 0 Å². The fourth-order valence-corrected chi connectivity index (χ4v) is 3.33. The van der Waals surface area contributed by atoms with Gasteiger partial charge in [0.1, 0.15) is 5.78 Å². The Bertz CT molecular complexity index is 826. The van der Waals surface area contributed by atoms with Gasteiger partial charge in [-0.25, -0.2) is 0 Å². The Hall–Kier alpha value is -2.62. The Labute approximate surface area is 134 Å². The molecule has 1 saturated heterocycles. The van der Waals surface area contributed by atoms with E-state index in [1.165, 1.54) is 5.56 Å². The first-order valence-electron chi connectivity index (χ1n) is 7.98. The lowest BCUT2D eigenvalue weighted by Gasteiger charge is -2.35. The van der Waals surface area contributed by atoms with E-state index >= 15 is 0 Å². The molecule has 1 aliphatic rings. The molecule has 23 heavy (non-hydrogen) atoms. The zero-order valence-electron chi connectivity index (χ0n) is 12.8. The quantitative estimate of drug-likeness (QED) is 0.741. The lowest BCUT2D eigenvalue weighted by molar-refractivity contribution is -0.120. The highest BCUT2D eigenvalue weighted by Gasteiger charge is 2.30. The molecule has 0 spiro atoms. The second-order valence-corrected chi connectivity index (χ2v) is 6.03. The molecule has 2 heterocycles. The van der Waals surface area contributed by atoms with Crippen LogP contribution in [0.5, 0.6) is 0 Å². The molecule has 4 rings (SSSR count). The van der Waals surface area contributed by atoms with Gasteiger partial charge in [0.2, 0.25) is 0 Å². The third kappa shape index (κ3) is 2.72. The third-order valence-electron chi connectivity index (χ3n) is 4.48. The molecule has 1 unspecified atom stereocenters. The number of carbonyl (C=O) groups excluding carboxylic acids is 1. The number of hydrogen-bond donors (Lipinski definition) is 0. The molecule has 1 aromatic heterocycles. The fourth-order valence-electron chi connectivity index (χ4n) is 3.33. The molecule has 3 aromatic rings. The van der Waals surface area contributed by atoms with Gasteiger partial charge in [-0.3, -0.25) is 4.79 Å². The van der Waals surface area contributed by atoms with Crippen molar-refractivity contribution in [2.45, 2.75) is 25.3 Å². The van der Waals surface area contributed by atoms with Gasteiger partial charge in [0.15, 0.2) is 11.4 Å². The Morgan fingerprint density at radius 3 is 2.74 bits per heavy atom. The summed E-state index contributed by atoms with van der Waals surface area (Å²) in [5, 5.41) is 5.29. The van der Waals surface area contributed by atoms with Gasteiger partial charge in [-0.15, -0.1) is 0 Å². The number of rotatable bonds is 3. The molecule has 0 amide bonds. The maximum atomic E-state index is 12.0. The maximum Gasteiger partial charge on any atom is 0.180 e. The van der Waals surface area contributed by atoms with E-state index in [0.29, 0.717) is 25.2 Å². The van der Waals surface area contributed by atoms with Crippen LogP contribution in [-0.2, 0) is 11.2 Å². The number of para-hydroxylation sites is 1. The van der Waals surface area contributed by atoms with E-state index in [0.717, 1.165) is 23.2 Å². The molecule has 2 aromatic carbocycles. The minimum atomic E-state index is 0.132. The number of fused-ring (bicyclic) bond motifs is 1. The Kier molecular flexibility index (Phi) is 3.58. The van der Waals surface area contributed by atoms with Crippen molar-refractivity contribution in [1.29, 1.82) is 0 Å². The number of hydrogen-bond acceptors (Lipinski definition) is 4. The highest BCUT2D eigenvalue weighted by atomic mass is 16.5. The van der Waals surface area contributed by atoms with Crippen LogP contribution in [-0.4, -0.2) is 23.5 Å². The van der Waals surface area contributed by atoms with Gasteiger partial charge in [0, 0.05) is 25.4 Å². The van der Waals surface area contributed by atoms with Crippen molar-refractivity contribution in [1.82, 2.24) is 5.16 Å². The second kappa shape index (κ2) is 5.88. The number of benzene rings is 2. The van der Waals surface area contributed by atoms with E-state index < -0.39 is 0 Å². The van der Waals surface area contributed by atoms with E-state index in [4.69, 9.17) is 4.52 Å². The van der Waals surface area contributed by atoms with Crippen LogP contribution in [0.15, 0.2) is 59.1 Å². The number of nitrogens with zero attached hydrogens (tertiary/aromatic N) is 2. The lowest BCUT2D eigenvalue weighted by atomic mass is 9.94. The molecule has 0 aliphatic carbocycles. The van der Waals surface area contributed by atoms with Crippen LogP contribution in [0.1, 0.15) is 18.4 Å². The predicted octanol–water partition coefficient (Wildman–Crippen LogP) is 3.61. The van der Waals surface area contributed by atoms with Gasteiger partial charge in [0.25, 0.3) is 0 Å². The largest absolute Gasteiger partial charge is 0.354 e. The number of piperidine rings is 1. The summed E-state index contributed by atoms with van der Waals surface area (Å²) in [5.74, 6) is 1.18. The smallest absolute Gasteiger partial charge is 0.180 e. The van der Waals surface area contributed by atoms with Gasteiger partial charge in [-0.2, -0.15) is 0 Å². The van der Waals surface area contributed by atoms with Gasteiger partial charge < -0.3 is 9.42 Å². The van der Waals surface area contributed by atoms with Crippen LogP contribution in [0, 0.1) is 0 Å². The number of carbonyl (C=O) groups is 1. The molecular formula is C19H18N2O2. The molecule has 0 N–H and O–H groups in total. The number of Topliss-reactive ketones (excluding diaryl/α,β-unsaturated/α-hetero) is 1. The number of aromatic nitrogens is 1. The summed E-state index contributed by atoms with van der Waals surface area (Å²) in [4.78, 5) is 14.2. The topological polar surface area (TPSA) is 46.3 Å². The minimum Gasteiger partial charge on any atom is -0.354 e. The van der Waals surface area contributed by atoms with Crippen molar-refractivity contribution < 1.29 is 9.32 Å². The van der Waals surface area contributed by atoms with Crippen LogP contribution in [0.25, 0.3) is 11.0 Å². The van der Waals surface area contributed by atoms with Crippen molar-refractivity contribution in [2.75, 3.05) is 11.4 Å². The van der Waals surface area contributed by atoms with Gasteiger partial charge >= 0.3 is 0 Å². The van der Waals surface area contributed by atoms with E-state index in [9.17, 15) is 4.79 Å². The van der Waals surface area contributed by atoms with Crippen molar-refractivity contribution in [3.63, 3.8) is 0 Å². The highest BCUT2D eigenvalue weighted by Crippen LogP contribution is 2.31. The molecule has 116 valence electrons. The fraction of sp³-hybridized carbons (Fsp3) is 0.263. The number of ketones is 1. The zero-order valence-corrected chi connectivity index (χ0v) is 12.8. The van der Waals surface area contributed by atoms with Crippen molar-refractivity contribution in [2.24, 2.45) is 0 Å². The summed E-state index contributed by atoms with van der Waals surface area (Å²) in [7, 11) is 0. The molecule has 0 bridgehead atoms. The van der Waals surface area contributed by atoms with E-state index in [2.05, 4.69) is 22.2 Å².